The standard InChI is InChI=1S/C18H27N3O3/c22-17(12-18(23)6-2-1-3-7-18)21-10-11-24-14-16(21)5-4-15-13-19-8-9-20-15/h8-9,13,16,23H,1-7,10-12,14H2/t16-/m0/s1. The smallest absolute Gasteiger partial charge is 0.225 e. The summed E-state index contributed by atoms with van der Waals surface area (Å²) < 4.78 is 5.57. The van der Waals surface area contributed by atoms with Crippen molar-refractivity contribution in [1.29, 1.82) is 0 Å². The molecule has 1 amide bonds. The molecule has 0 radical (unpaired) electrons. The molecule has 0 aromatic carbocycles. The Kier molecular flexibility index (Phi) is 5.79. The number of amides is 1. The van der Waals surface area contributed by atoms with Crippen molar-refractivity contribution in [2.75, 3.05) is 19.8 Å². The summed E-state index contributed by atoms with van der Waals surface area (Å²) in [6.45, 7) is 1.75. The van der Waals surface area contributed by atoms with Gasteiger partial charge < -0.3 is 14.7 Å². The van der Waals surface area contributed by atoms with Gasteiger partial charge in [0, 0.05) is 25.1 Å². The number of hydrogen-bond acceptors (Lipinski definition) is 5. The number of aromatic nitrogens is 2. The quantitative estimate of drug-likeness (QED) is 0.888. The zero-order valence-electron chi connectivity index (χ0n) is 14.2. The summed E-state index contributed by atoms with van der Waals surface area (Å²) in [7, 11) is 0. The Morgan fingerprint density at radius 1 is 1.33 bits per heavy atom. The van der Waals surface area contributed by atoms with E-state index in [0.29, 0.717) is 19.8 Å². The van der Waals surface area contributed by atoms with Crippen LogP contribution >= 0.6 is 0 Å². The first-order valence-electron chi connectivity index (χ1n) is 9.01. The zero-order valence-corrected chi connectivity index (χ0v) is 14.2. The Bertz CT molecular complexity index is 532. The second kappa shape index (κ2) is 8.03. The van der Waals surface area contributed by atoms with Crippen molar-refractivity contribution in [3.8, 4) is 0 Å². The largest absolute Gasteiger partial charge is 0.389 e. The fourth-order valence-corrected chi connectivity index (χ4v) is 3.77. The Morgan fingerprint density at radius 3 is 2.92 bits per heavy atom. The van der Waals surface area contributed by atoms with E-state index in [-0.39, 0.29) is 18.4 Å². The minimum absolute atomic E-state index is 0.0560. The molecule has 1 aliphatic carbocycles. The predicted octanol–water partition coefficient (Wildman–Crippen LogP) is 1.72. The van der Waals surface area contributed by atoms with Crippen LogP contribution < -0.4 is 0 Å². The molecular formula is C18H27N3O3. The molecule has 6 nitrogen and oxygen atoms in total. The van der Waals surface area contributed by atoms with Crippen molar-refractivity contribution in [2.45, 2.75) is 63.0 Å². The van der Waals surface area contributed by atoms with Crippen molar-refractivity contribution >= 4 is 5.91 Å². The van der Waals surface area contributed by atoms with Gasteiger partial charge in [0.15, 0.2) is 0 Å². The van der Waals surface area contributed by atoms with Gasteiger partial charge in [-0.2, -0.15) is 0 Å². The van der Waals surface area contributed by atoms with Gasteiger partial charge in [-0.3, -0.25) is 14.8 Å². The van der Waals surface area contributed by atoms with Gasteiger partial charge in [0.1, 0.15) is 0 Å². The topological polar surface area (TPSA) is 75.5 Å². The number of morpholine rings is 1. The Morgan fingerprint density at radius 2 is 2.17 bits per heavy atom. The van der Waals surface area contributed by atoms with Crippen molar-refractivity contribution in [3.05, 3.63) is 24.3 Å². The number of carbonyl (C=O) groups excluding carboxylic acids is 1. The highest BCUT2D eigenvalue weighted by atomic mass is 16.5. The molecule has 1 aromatic rings. The summed E-state index contributed by atoms with van der Waals surface area (Å²) in [5, 5.41) is 10.7. The molecule has 1 atom stereocenters. The van der Waals surface area contributed by atoms with E-state index in [0.717, 1.165) is 50.6 Å². The maximum atomic E-state index is 12.8. The maximum absolute atomic E-state index is 12.8. The van der Waals surface area contributed by atoms with E-state index in [9.17, 15) is 9.90 Å². The minimum atomic E-state index is -0.802. The van der Waals surface area contributed by atoms with Crippen LogP contribution in [0.5, 0.6) is 0 Å². The van der Waals surface area contributed by atoms with Crippen molar-refractivity contribution in [3.63, 3.8) is 0 Å². The lowest BCUT2D eigenvalue weighted by molar-refractivity contribution is -0.146. The van der Waals surface area contributed by atoms with E-state index in [1.54, 1.807) is 18.6 Å². The average Bonchev–Trinajstić information content (AvgIpc) is 2.61. The molecule has 0 spiro atoms. The second-order valence-electron chi connectivity index (χ2n) is 7.01. The van der Waals surface area contributed by atoms with E-state index in [1.807, 2.05) is 4.90 Å². The van der Waals surface area contributed by atoms with Crippen LogP contribution in [-0.4, -0.2) is 57.3 Å². The van der Waals surface area contributed by atoms with Crippen LogP contribution in [0.25, 0.3) is 0 Å². The molecule has 24 heavy (non-hydrogen) atoms. The lowest BCUT2D eigenvalue weighted by Gasteiger charge is -2.39. The number of rotatable bonds is 5. The first-order chi connectivity index (χ1) is 11.7. The minimum Gasteiger partial charge on any atom is -0.389 e. The molecule has 0 bridgehead atoms. The van der Waals surface area contributed by atoms with Crippen LogP contribution in [0.4, 0.5) is 0 Å². The monoisotopic (exact) mass is 333 g/mol. The average molecular weight is 333 g/mol. The molecule has 1 aromatic heterocycles. The van der Waals surface area contributed by atoms with Crippen LogP contribution in [0.15, 0.2) is 18.6 Å². The number of aliphatic hydroxyl groups is 1. The summed E-state index contributed by atoms with van der Waals surface area (Å²) in [4.78, 5) is 23.1. The van der Waals surface area contributed by atoms with Gasteiger partial charge in [-0.05, 0) is 25.7 Å². The molecule has 0 unspecified atom stereocenters. The van der Waals surface area contributed by atoms with Gasteiger partial charge >= 0.3 is 0 Å². The van der Waals surface area contributed by atoms with Gasteiger partial charge in [-0.15, -0.1) is 0 Å². The highest BCUT2D eigenvalue weighted by Crippen LogP contribution is 2.32. The first kappa shape index (κ1) is 17.3. The Balaban J connectivity index is 1.58. The third-order valence-corrected chi connectivity index (χ3v) is 5.16. The fourth-order valence-electron chi connectivity index (χ4n) is 3.77. The second-order valence-corrected chi connectivity index (χ2v) is 7.01. The highest BCUT2D eigenvalue weighted by molar-refractivity contribution is 5.77. The summed E-state index contributed by atoms with van der Waals surface area (Å²) >= 11 is 0. The highest BCUT2D eigenvalue weighted by Gasteiger charge is 2.36. The first-order valence-corrected chi connectivity index (χ1v) is 9.01. The van der Waals surface area contributed by atoms with Gasteiger partial charge in [0.25, 0.3) is 0 Å². The van der Waals surface area contributed by atoms with Crippen LogP contribution in [0.3, 0.4) is 0 Å². The summed E-state index contributed by atoms with van der Waals surface area (Å²) in [5.41, 5.74) is 0.129. The number of nitrogens with zero attached hydrogens (tertiary/aromatic N) is 3. The molecule has 132 valence electrons. The molecule has 1 aliphatic heterocycles. The fraction of sp³-hybridized carbons (Fsp3) is 0.722. The van der Waals surface area contributed by atoms with Crippen LogP contribution in [0.1, 0.15) is 50.6 Å². The Hall–Kier alpha value is -1.53. The normalized spacial score (nSPS) is 23.9. The van der Waals surface area contributed by atoms with E-state index in [2.05, 4.69) is 9.97 Å². The lowest BCUT2D eigenvalue weighted by Crippen LogP contribution is -2.51. The molecule has 2 aliphatic rings. The van der Waals surface area contributed by atoms with Gasteiger partial charge in [0.05, 0.1) is 37.0 Å². The van der Waals surface area contributed by atoms with Gasteiger partial charge in [-0.25, -0.2) is 0 Å². The number of aryl methyl sites for hydroxylation is 1. The molecular weight excluding hydrogens is 306 g/mol. The SMILES string of the molecule is O=C(CC1(O)CCCCC1)N1CCOC[C@@H]1CCc1cnccn1. The molecule has 2 fully saturated rings. The third-order valence-electron chi connectivity index (χ3n) is 5.16. The van der Waals surface area contributed by atoms with Crippen molar-refractivity contribution in [1.82, 2.24) is 14.9 Å². The molecule has 3 rings (SSSR count). The molecule has 2 heterocycles. The van der Waals surface area contributed by atoms with E-state index in [4.69, 9.17) is 4.74 Å². The predicted molar refractivity (Wildman–Crippen MR) is 89.3 cm³/mol. The lowest BCUT2D eigenvalue weighted by atomic mass is 9.82. The molecule has 6 heteroatoms. The van der Waals surface area contributed by atoms with Crippen molar-refractivity contribution in [2.24, 2.45) is 0 Å². The summed E-state index contributed by atoms with van der Waals surface area (Å²) in [5.74, 6) is 0.0619. The van der Waals surface area contributed by atoms with Crippen LogP contribution in [-0.2, 0) is 16.0 Å². The van der Waals surface area contributed by atoms with E-state index >= 15 is 0 Å². The van der Waals surface area contributed by atoms with E-state index < -0.39 is 5.60 Å². The van der Waals surface area contributed by atoms with E-state index in [1.165, 1.54) is 0 Å². The number of hydrogen-bond donors (Lipinski definition) is 1. The Labute approximate surface area is 143 Å². The zero-order chi connectivity index (χ0) is 16.8. The van der Waals surface area contributed by atoms with Gasteiger partial charge in [0.2, 0.25) is 5.91 Å². The van der Waals surface area contributed by atoms with Crippen molar-refractivity contribution < 1.29 is 14.6 Å². The number of ether oxygens (including phenoxy) is 1. The molecule has 1 saturated carbocycles. The molecule has 1 N–H and O–H groups in total. The maximum Gasteiger partial charge on any atom is 0.225 e. The van der Waals surface area contributed by atoms with Gasteiger partial charge in [-0.1, -0.05) is 19.3 Å². The summed E-state index contributed by atoms with van der Waals surface area (Å²) in [6.07, 6.45) is 11.6. The number of carbonyl (C=O) groups is 1. The van der Waals surface area contributed by atoms with Crippen LogP contribution in [0.2, 0.25) is 0 Å². The van der Waals surface area contributed by atoms with Crippen LogP contribution in [0, 0.1) is 0 Å². The summed E-state index contributed by atoms with van der Waals surface area (Å²) in [6, 6.07) is 0.0560. The third kappa shape index (κ3) is 4.51. The molecule has 1 saturated heterocycles.